The maximum absolute atomic E-state index is 6.73. The predicted molar refractivity (Wildman–Crippen MR) is 152 cm³/mol. The number of hydrogen-bond acceptors (Lipinski definition) is 3. The fraction of sp³-hybridized carbons (Fsp3) is 0.400. The van der Waals surface area contributed by atoms with Crippen molar-refractivity contribution in [3.8, 4) is 0 Å². The van der Waals surface area contributed by atoms with Gasteiger partial charge in [-0.1, -0.05) is 78.9 Å². The van der Waals surface area contributed by atoms with Crippen LogP contribution in [-0.4, -0.2) is 23.2 Å². The minimum absolute atomic E-state index is 0.0874. The highest BCUT2D eigenvalue weighted by atomic mass is 127. The zero-order valence-corrected chi connectivity index (χ0v) is 23.4. The molecule has 1 heterocycles. The molecular formula is C30H35BINO2. The van der Waals surface area contributed by atoms with E-state index >= 15 is 0 Å². The van der Waals surface area contributed by atoms with Crippen LogP contribution in [0, 0.1) is 3.57 Å². The summed E-state index contributed by atoms with van der Waals surface area (Å²) in [6.07, 6.45) is 2.19. The Hall–Kier alpha value is -1.67. The molecule has 1 atom stereocenters. The van der Waals surface area contributed by atoms with Gasteiger partial charge in [0.15, 0.2) is 0 Å². The highest BCUT2D eigenvalue weighted by Gasteiger charge is 2.68. The van der Waals surface area contributed by atoms with Gasteiger partial charge in [0.2, 0.25) is 0 Å². The minimum Gasteiger partial charge on any atom is -0.403 e. The first-order valence-electron chi connectivity index (χ1n) is 12.6. The van der Waals surface area contributed by atoms with Crippen molar-refractivity contribution < 1.29 is 9.31 Å². The van der Waals surface area contributed by atoms with Crippen LogP contribution in [0.2, 0.25) is 5.31 Å². The second kappa shape index (κ2) is 9.66. The monoisotopic (exact) mass is 579 g/mol. The topological polar surface area (TPSA) is 21.7 Å². The molecule has 182 valence electrons. The van der Waals surface area contributed by atoms with Crippen LogP contribution in [0.3, 0.4) is 0 Å². The molecule has 0 N–H and O–H groups in total. The van der Waals surface area contributed by atoms with Gasteiger partial charge in [0.1, 0.15) is 0 Å². The summed E-state index contributed by atoms with van der Waals surface area (Å²) in [5, 5.41) is -0.0874. The summed E-state index contributed by atoms with van der Waals surface area (Å²) in [6, 6.07) is 30.7. The molecule has 2 aliphatic rings. The maximum atomic E-state index is 6.73. The average molecular weight is 579 g/mol. The Morgan fingerprint density at radius 3 is 1.66 bits per heavy atom. The minimum atomic E-state index is -0.342. The van der Waals surface area contributed by atoms with Gasteiger partial charge >= 0.3 is 7.12 Å². The van der Waals surface area contributed by atoms with E-state index in [4.69, 9.17) is 9.31 Å². The lowest BCUT2D eigenvalue weighted by molar-refractivity contribution is 0.00578. The van der Waals surface area contributed by atoms with Crippen LogP contribution >= 0.6 is 22.6 Å². The summed E-state index contributed by atoms with van der Waals surface area (Å²) < 4.78 is 14.8. The van der Waals surface area contributed by atoms with Gasteiger partial charge in [0.25, 0.3) is 0 Å². The summed E-state index contributed by atoms with van der Waals surface area (Å²) in [5.41, 5.74) is 3.33. The molecule has 5 heteroatoms. The summed E-state index contributed by atoms with van der Waals surface area (Å²) in [4.78, 5) is 2.65. The zero-order valence-electron chi connectivity index (χ0n) is 21.2. The predicted octanol–water partition coefficient (Wildman–Crippen LogP) is 7.66. The average Bonchev–Trinajstić information content (AvgIpc) is 3.58. The van der Waals surface area contributed by atoms with E-state index in [0.29, 0.717) is 0 Å². The molecule has 3 nitrogen and oxygen atoms in total. The van der Waals surface area contributed by atoms with Crippen molar-refractivity contribution in [3.63, 3.8) is 0 Å². The number of nitrogens with zero attached hydrogens (tertiary/aromatic N) is 1. The third-order valence-corrected chi connectivity index (χ3v) is 9.10. The van der Waals surface area contributed by atoms with E-state index in [-0.39, 0.29) is 29.7 Å². The normalized spacial score (nSPS) is 20.7. The van der Waals surface area contributed by atoms with E-state index in [1.165, 1.54) is 20.3 Å². The fourth-order valence-electron chi connectivity index (χ4n) is 5.30. The van der Waals surface area contributed by atoms with Gasteiger partial charge in [0, 0.05) is 28.0 Å². The van der Waals surface area contributed by atoms with E-state index in [2.05, 4.69) is 140 Å². The number of benzene rings is 3. The van der Waals surface area contributed by atoms with Crippen molar-refractivity contribution in [1.82, 2.24) is 4.90 Å². The van der Waals surface area contributed by atoms with Crippen LogP contribution in [0.15, 0.2) is 84.9 Å². The molecule has 1 unspecified atom stereocenters. The molecule has 1 saturated heterocycles. The van der Waals surface area contributed by atoms with Gasteiger partial charge in [-0.15, -0.1) is 0 Å². The van der Waals surface area contributed by atoms with E-state index in [1.54, 1.807) is 0 Å². The fourth-order valence-corrected chi connectivity index (χ4v) is 5.98. The molecule has 0 radical (unpaired) electrons. The summed E-state index contributed by atoms with van der Waals surface area (Å²) in [5.74, 6) is 0. The van der Waals surface area contributed by atoms with Crippen molar-refractivity contribution in [2.24, 2.45) is 0 Å². The molecule has 3 aromatic carbocycles. The van der Waals surface area contributed by atoms with Crippen LogP contribution in [0.1, 0.15) is 63.3 Å². The zero-order chi connectivity index (χ0) is 24.7. The number of hydrogen-bond donors (Lipinski definition) is 0. The molecule has 2 fully saturated rings. The first kappa shape index (κ1) is 25.0. The van der Waals surface area contributed by atoms with Crippen LogP contribution < -0.4 is 0 Å². The van der Waals surface area contributed by atoms with Gasteiger partial charge in [-0.05, 0) is 85.9 Å². The van der Waals surface area contributed by atoms with Crippen LogP contribution in [0.5, 0.6) is 0 Å². The van der Waals surface area contributed by atoms with Gasteiger partial charge in [-0.25, -0.2) is 0 Å². The molecule has 5 rings (SSSR count). The Morgan fingerprint density at radius 1 is 0.743 bits per heavy atom. The number of rotatable bonds is 8. The molecule has 35 heavy (non-hydrogen) atoms. The highest BCUT2D eigenvalue weighted by Crippen LogP contribution is 2.69. The Labute approximate surface area is 224 Å². The van der Waals surface area contributed by atoms with Crippen LogP contribution in [0.4, 0.5) is 0 Å². The van der Waals surface area contributed by atoms with E-state index in [0.717, 1.165) is 25.9 Å². The van der Waals surface area contributed by atoms with Crippen molar-refractivity contribution in [3.05, 3.63) is 105 Å². The standard InChI is InChI=1S/C30H35BINO2/c1-28(2)29(3,4)35-31(34-28)30(19-20-30)27(25-17-11-12-18-26(25)32)33(21-23-13-7-5-8-14-23)22-24-15-9-6-10-16-24/h5-18,27H,19-22H2,1-4H3. The molecule has 1 aliphatic heterocycles. The second-order valence-electron chi connectivity index (χ2n) is 11.1. The molecular weight excluding hydrogens is 544 g/mol. The van der Waals surface area contributed by atoms with E-state index < -0.39 is 0 Å². The van der Waals surface area contributed by atoms with Gasteiger partial charge < -0.3 is 9.31 Å². The maximum Gasteiger partial charge on any atom is 0.466 e. The van der Waals surface area contributed by atoms with Crippen LogP contribution in [0.25, 0.3) is 0 Å². The smallest absolute Gasteiger partial charge is 0.403 e. The van der Waals surface area contributed by atoms with Crippen molar-refractivity contribution in [2.75, 3.05) is 0 Å². The van der Waals surface area contributed by atoms with Gasteiger partial charge in [-0.3, -0.25) is 4.90 Å². The molecule has 1 aliphatic carbocycles. The second-order valence-corrected chi connectivity index (χ2v) is 12.3. The van der Waals surface area contributed by atoms with Crippen LogP contribution in [-0.2, 0) is 22.4 Å². The quantitative estimate of drug-likeness (QED) is 0.202. The Morgan fingerprint density at radius 2 is 1.20 bits per heavy atom. The lowest BCUT2D eigenvalue weighted by Gasteiger charge is -2.39. The summed E-state index contributed by atoms with van der Waals surface area (Å²) >= 11 is 2.51. The van der Waals surface area contributed by atoms with Gasteiger partial charge in [-0.2, -0.15) is 0 Å². The van der Waals surface area contributed by atoms with Crippen molar-refractivity contribution in [1.29, 1.82) is 0 Å². The molecule has 0 bridgehead atoms. The molecule has 3 aromatic rings. The van der Waals surface area contributed by atoms with Crippen molar-refractivity contribution in [2.45, 2.75) is 76.2 Å². The number of halogens is 1. The Bertz CT molecular complexity index is 1090. The lowest BCUT2D eigenvalue weighted by atomic mass is 9.61. The first-order valence-corrected chi connectivity index (χ1v) is 13.7. The van der Waals surface area contributed by atoms with E-state index in [9.17, 15) is 0 Å². The highest BCUT2D eigenvalue weighted by molar-refractivity contribution is 14.1. The summed E-state index contributed by atoms with van der Waals surface area (Å²) in [7, 11) is -0.234. The SMILES string of the molecule is CC1(C)OB(C2(C(c3ccccc3I)N(Cc3ccccc3)Cc3ccccc3)CC2)OC1(C)C. The Kier molecular flexibility index (Phi) is 6.90. The molecule has 0 spiro atoms. The summed E-state index contributed by atoms with van der Waals surface area (Å²) in [6.45, 7) is 10.4. The Balaban J connectivity index is 1.60. The lowest BCUT2D eigenvalue weighted by Crippen LogP contribution is -2.41. The third kappa shape index (κ3) is 4.98. The van der Waals surface area contributed by atoms with Crippen molar-refractivity contribution >= 4 is 29.7 Å². The molecule has 0 aromatic heterocycles. The molecule has 1 saturated carbocycles. The largest absolute Gasteiger partial charge is 0.466 e. The third-order valence-electron chi connectivity index (χ3n) is 8.12. The van der Waals surface area contributed by atoms with Gasteiger partial charge in [0.05, 0.1) is 11.2 Å². The van der Waals surface area contributed by atoms with E-state index in [1.807, 2.05) is 0 Å². The first-order chi connectivity index (χ1) is 16.7. The molecule has 0 amide bonds.